The normalized spacial score (nSPS) is 11.2. The van der Waals surface area contributed by atoms with Crippen LogP contribution in [-0.4, -0.2) is 30.2 Å². The summed E-state index contributed by atoms with van der Waals surface area (Å²) in [6.07, 6.45) is -0.526. The zero-order valence-corrected chi connectivity index (χ0v) is 8.76. The highest BCUT2D eigenvalue weighted by Crippen LogP contribution is 1.99. The summed E-state index contributed by atoms with van der Waals surface area (Å²) in [7, 11) is 0. The first-order valence-corrected chi connectivity index (χ1v) is 4.48. The molecule has 0 radical (unpaired) electrons. The van der Waals surface area contributed by atoms with E-state index in [0.717, 1.165) is 0 Å². The zero-order valence-electron chi connectivity index (χ0n) is 8.76. The molecule has 0 bridgehead atoms. The first kappa shape index (κ1) is 12.4. The fourth-order valence-corrected chi connectivity index (χ4v) is 0.670. The molecule has 13 heavy (non-hydrogen) atoms. The predicted octanol–water partition coefficient (Wildman–Crippen LogP) is 1.16. The molecule has 0 atom stereocenters. The van der Waals surface area contributed by atoms with Crippen LogP contribution in [0.3, 0.4) is 0 Å². The van der Waals surface area contributed by atoms with Gasteiger partial charge >= 0.3 is 0 Å². The van der Waals surface area contributed by atoms with Crippen LogP contribution in [-0.2, 0) is 9.47 Å². The van der Waals surface area contributed by atoms with Crippen molar-refractivity contribution in [2.75, 3.05) is 13.2 Å². The van der Waals surface area contributed by atoms with Gasteiger partial charge in [0.2, 0.25) is 6.29 Å². The summed E-state index contributed by atoms with van der Waals surface area (Å²) in [6.45, 7) is 8.08. The Kier molecular flexibility index (Phi) is 5.72. The van der Waals surface area contributed by atoms with Gasteiger partial charge in [0.05, 0.1) is 0 Å². The molecule has 0 aromatic carbocycles. The second-order valence-corrected chi connectivity index (χ2v) is 3.07. The number of hydrogen-bond acceptors (Lipinski definition) is 3. The van der Waals surface area contributed by atoms with E-state index >= 15 is 0 Å². The topological polar surface area (TPSA) is 38.7 Å². The van der Waals surface area contributed by atoms with Gasteiger partial charge in [-0.15, -0.1) is 0 Å². The lowest BCUT2D eigenvalue weighted by Gasteiger charge is -2.12. The molecule has 76 valence electrons. The molecule has 0 heterocycles. The van der Waals surface area contributed by atoms with Crippen LogP contribution < -0.4 is 0 Å². The van der Waals surface area contributed by atoms with Crippen LogP contribution in [0.2, 0.25) is 0 Å². The number of rotatable bonds is 4. The minimum Gasteiger partial charge on any atom is -0.378 e. The molecular weight excluding hydrogens is 168 g/mol. The van der Waals surface area contributed by atoms with Gasteiger partial charge in [-0.05, 0) is 33.6 Å². The Bertz CT molecular complexity index is 177. The molecule has 0 aliphatic carbocycles. The number of hydrogen-bond donors (Lipinski definition) is 1. The average molecular weight is 186 g/mol. The lowest BCUT2D eigenvalue weighted by molar-refractivity contribution is -0.0973. The van der Waals surface area contributed by atoms with Crippen molar-refractivity contribution in [1.29, 1.82) is 0 Å². The Morgan fingerprint density at radius 1 is 1.23 bits per heavy atom. The van der Waals surface area contributed by atoms with E-state index in [9.17, 15) is 5.11 Å². The van der Waals surface area contributed by atoms with E-state index in [1.165, 1.54) is 0 Å². The monoisotopic (exact) mass is 186 g/mol. The maximum atomic E-state index is 9.32. The molecular formula is C10H18O3. The first-order chi connectivity index (χ1) is 5.99. The lowest BCUT2D eigenvalue weighted by atomic mass is 10.1. The van der Waals surface area contributed by atoms with Crippen molar-refractivity contribution in [2.24, 2.45) is 0 Å². The lowest BCUT2D eigenvalue weighted by Crippen LogP contribution is -2.19. The molecule has 0 amide bonds. The highest BCUT2D eigenvalue weighted by atomic mass is 16.7. The highest BCUT2D eigenvalue weighted by molar-refractivity contribution is 5.11. The van der Waals surface area contributed by atoms with E-state index in [0.29, 0.717) is 13.2 Å². The maximum absolute atomic E-state index is 9.32. The Morgan fingerprint density at radius 2 is 1.69 bits per heavy atom. The van der Waals surface area contributed by atoms with E-state index in [4.69, 9.17) is 9.47 Å². The van der Waals surface area contributed by atoms with E-state index < -0.39 is 11.9 Å². The second-order valence-electron chi connectivity index (χ2n) is 3.07. The molecule has 3 nitrogen and oxygen atoms in total. The van der Waals surface area contributed by atoms with Crippen molar-refractivity contribution < 1.29 is 14.6 Å². The van der Waals surface area contributed by atoms with Gasteiger partial charge in [0.1, 0.15) is 5.60 Å². The number of aliphatic hydroxyl groups is 1. The fraction of sp³-hybridized carbons (Fsp3) is 0.800. The standard InChI is InChI=1S/C10H18O3/c1-5-12-9(13-6-2)7-8-10(3,4)11/h9,11H,5-6H2,1-4H3. The summed E-state index contributed by atoms with van der Waals surface area (Å²) in [6, 6.07) is 0. The molecule has 0 fully saturated rings. The summed E-state index contributed by atoms with van der Waals surface area (Å²) >= 11 is 0. The van der Waals surface area contributed by atoms with Crippen LogP contribution in [0.25, 0.3) is 0 Å². The Morgan fingerprint density at radius 3 is 2.00 bits per heavy atom. The minimum atomic E-state index is -0.994. The fourth-order valence-electron chi connectivity index (χ4n) is 0.670. The van der Waals surface area contributed by atoms with Crippen LogP contribution >= 0.6 is 0 Å². The second kappa shape index (κ2) is 5.98. The molecule has 0 aliphatic rings. The predicted molar refractivity (Wildman–Crippen MR) is 51.1 cm³/mol. The highest BCUT2D eigenvalue weighted by Gasteiger charge is 2.08. The molecule has 1 N–H and O–H groups in total. The van der Waals surface area contributed by atoms with E-state index in [1.807, 2.05) is 13.8 Å². The summed E-state index contributed by atoms with van der Waals surface area (Å²) in [4.78, 5) is 0. The van der Waals surface area contributed by atoms with Crippen molar-refractivity contribution in [2.45, 2.75) is 39.6 Å². The Labute approximate surface area is 80.0 Å². The van der Waals surface area contributed by atoms with Crippen LogP contribution in [0.1, 0.15) is 27.7 Å². The van der Waals surface area contributed by atoms with Gasteiger partial charge in [-0.1, -0.05) is 5.92 Å². The zero-order chi connectivity index (χ0) is 10.3. The van der Waals surface area contributed by atoms with E-state index in [-0.39, 0.29) is 0 Å². The SMILES string of the molecule is CCOC(C#CC(C)(C)O)OCC. The smallest absolute Gasteiger partial charge is 0.222 e. The Balaban J connectivity index is 4.12. The van der Waals surface area contributed by atoms with Gasteiger partial charge in [-0.2, -0.15) is 0 Å². The van der Waals surface area contributed by atoms with Crippen LogP contribution in [0.5, 0.6) is 0 Å². The molecule has 0 aromatic heterocycles. The minimum absolute atomic E-state index is 0.526. The third-order valence-corrected chi connectivity index (χ3v) is 1.13. The van der Waals surface area contributed by atoms with Gasteiger partial charge in [0.25, 0.3) is 0 Å². The molecule has 0 unspecified atom stereocenters. The van der Waals surface area contributed by atoms with Gasteiger partial charge in [0.15, 0.2) is 0 Å². The van der Waals surface area contributed by atoms with Crippen LogP contribution in [0, 0.1) is 11.8 Å². The Hall–Kier alpha value is -0.560. The van der Waals surface area contributed by atoms with Gasteiger partial charge in [-0.3, -0.25) is 0 Å². The third kappa shape index (κ3) is 7.79. The molecule has 0 saturated carbocycles. The number of ether oxygens (including phenoxy) is 2. The summed E-state index contributed by atoms with van der Waals surface area (Å²) in [5.74, 6) is 5.36. The third-order valence-electron chi connectivity index (χ3n) is 1.13. The molecule has 3 heteroatoms. The molecule has 0 aromatic rings. The molecule has 0 spiro atoms. The summed E-state index contributed by atoms with van der Waals surface area (Å²) in [5.41, 5.74) is -0.994. The quantitative estimate of drug-likeness (QED) is 0.529. The van der Waals surface area contributed by atoms with Crippen molar-refractivity contribution in [1.82, 2.24) is 0 Å². The molecule has 0 rings (SSSR count). The summed E-state index contributed by atoms with van der Waals surface area (Å²) in [5, 5.41) is 9.32. The van der Waals surface area contributed by atoms with Crippen LogP contribution in [0.15, 0.2) is 0 Å². The van der Waals surface area contributed by atoms with Gasteiger partial charge in [0, 0.05) is 13.2 Å². The first-order valence-electron chi connectivity index (χ1n) is 4.48. The maximum Gasteiger partial charge on any atom is 0.222 e. The van der Waals surface area contributed by atoms with Crippen molar-refractivity contribution in [3.63, 3.8) is 0 Å². The molecule has 0 aliphatic heterocycles. The largest absolute Gasteiger partial charge is 0.378 e. The average Bonchev–Trinajstić information content (AvgIpc) is 2.00. The van der Waals surface area contributed by atoms with E-state index in [2.05, 4.69) is 11.8 Å². The van der Waals surface area contributed by atoms with Crippen molar-refractivity contribution in [3.8, 4) is 11.8 Å². The van der Waals surface area contributed by atoms with Crippen LogP contribution in [0.4, 0.5) is 0 Å². The van der Waals surface area contributed by atoms with Gasteiger partial charge in [-0.25, -0.2) is 0 Å². The van der Waals surface area contributed by atoms with E-state index in [1.54, 1.807) is 13.8 Å². The van der Waals surface area contributed by atoms with Crippen molar-refractivity contribution in [3.05, 3.63) is 0 Å². The summed E-state index contributed by atoms with van der Waals surface area (Å²) < 4.78 is 10.3. The van der Waals surface area contributed by atoms with Crippen molar-refractivity contribution >= 4 is 0 Å². The van der Waals surface area contributed by atoms with Gasteiger partial charge < -0.3 is 14.6 Å². The molecule has 0 saturated heterocycles.